The van der Waals surface area contributed by atoms with Crippen molar-refractivity contribution in [2.24, 2.45) is 0 Å². The predicted molar refractivity (Wildman–Crippen MR) is 97.7 cm³/mol. The van der Waals surface area contributed by atoms with Crippen LogP contribution in [0.2, 0.25) is 10.0 Å². The molecule has 0 saturated heterocycles. The Kier molecular flexibility index (Phi) is 6.11. The van der Waals surface area contributed by atoms with Crippen LogP contribution in [-0.2, 0) is 21.2 Å². The second-order valence-electron chi connectivity index (χ2n) is 5.62. The summed E-state index contributed by atoms with van der Waals surface area (Å²) in [5.74, 6) is -1.24. The Bertz CT molecular complexity index is 882. The lowest BCUT2D eigenvalue weighted by atomic mass is 10.0. The predicted octanol–water partition coefficient (Wildman–Crippen LogP) is 3.62. The zero-order chi connectivity index (χ0) is 18.8. The van der Waals surface area contributed by atoms with Gasteiger partial charge in [-0.25, -0.2) is 8.42 Å². The van der Waals surface area contributed by atoms with Gasteiger partial charge in [0.1, 0.15) is 6.04 Å². The van der Waals surface area contributed by atoms with E-state index in [0.29, 0.717) is 15.6 Å². The molecule has 0 unspecified atom stereocenters. The zero-order valence-electron chi connectivity index (χ0n) is 13.6. The summed E-state index contributed by atoms with van der Waals surface area (Å²) >= 11 is 11.8. The van der Waals surface area contributed by atoms with E-state index in [1.165, 1.54) is 31.3 Å². The molecule has 2 aromatic rings. The third-order valence-electron chi connectivity index (χ3n) is 3.88. The largest absolute Gasteiger partial charge is 0.480 e. The van der Waals surface area contributed by atoms with Gasteiger partial charge in [-0.15, -0.1) is 0 Å². The van der Waals surface area contributed by atoms with Crippen molar-refractivity contribution in [2.45, 2.75) is 24.3 Å². The highest BCUT2D eigenvalue weighted by Crippen LogP contribution is 2.23. The second kappa shape index (κ2) is 7.74. The van der Waals surface area contributed by atoms with Crippen LogP contribution >= 0.6 is 23.2 Å². The zero-order valence-corrected chi connectivity index (χ0v) is 15.9. The van der Waals surface area contributed by atoms with E-state index < -0.39 is 22.0 Å². The quantitative estimate of drug-likeness (QED) is 0.801. The van der Waals surface area contributed by atoms with E-state index in [-0.39, 0.29) is 11.3 Å². The van der Waals surface area contributed by atoms with Crippen molar-refractivity contribution >= 4 is 39.2 Å². The maximum absolute atomic E-state index is 12.7. The summed E-state index contributed by atoms with van der Waals surface area (Å²) in [6.45, 7) is 1.83. The summed E-state index contributed by atoms with van der Waals surface area (Å²) in [7, 11) is -2.73. The number of halogens is 2. The number of carbonyl (C=O) groups is 1. The van der Waals surface area contributed by atoms with Crippen LogP contribution in [0.1, 0.15) is 11.1 Å². The molecule has 0 aliphatic rings. The molecule has 0 aromatic heterocycles. The van der Waals surface area contributed by atoms with E-state index in [4.69, 9.17) is 23.2 Å². The van der Waals surface area contributed by atoms with Gasteiger partial charge in [0.2, 0.25) is 10.0 Å². The minimum absolute atomic E-state index is 0.00134. The van der Waals surface area contributed by atoms with Crippen molar-refractivity contribution in [2.75, 3.05) is 7.05 Å². The summed E-state index contributed by atoms with van der Waals surface area (Å²) < 4.78 is 26.2. The molecule has 134 valence electrons. The van der Waals surface area contributed by atoms with Gasteiger partial charge >= 0.3 is 5.97 Å². The Morgan fingerprint density at radius 3 is 2.28 bits per heavy atom. The maximum atomic E-state index is 12.7. The van der Waals surface area contributed by atoms with E-state index in [9.17, 15) is 18.3 Å². The average Bonchev–Trinajstić information content (AvgIpc) is 2.55. The van der Waals surface area contributed by atoms with Crippen LogP contribution < -0.4 is 0 Å². The molecule has 0 heterocycles. The topological polar surface area (TPSA) is 74.7 Å². The summed E-state index contributed by atoms with van der Waals surface area (Å²) in [6, 6.07) is 9.46. The number of carboxylic acids is 1. The molecule has 0 bridgehead atoms. The number of hydrogen-bond acceptors (Lipinski definition) is 3. The smallest absolute Gasteiger partial charge is 0.322 e. The van der Waals surface area contributed by atoms with Crippen molar-refractivity contribution in [1.29, 1.82) is 0 Å². The summed E-state index contributed by atoms with van der Waals surface area (Å²) in [5.41, 5.74) is 1.50. The molecule has 5 nitrogen and oxygen atoms in total. The number of hydrogen-bond donors (Lipinski definition) is 1. The van der Waals surface area contributed by atoms with Crippen LogP contribution in [0.5, 0.6) is 0 Å². The van der Waals surface area contributed by atoms with Crippen molar-refractivity contribution in [3.8, 4) is 0 Å². The lowest BCUT2D eigenvalue weighted by molar-refractivity contribution is -0.141. The van der Waals surface area contributed by atoms with Crippen molar-refractivity contribution in [1.82, 2.24) is 4.31 Å². The molecule has 0 radical (unpaired) electrons. The first-order chi connectivity index (χ1) is 11.6. The summed E-state index contributed by atoms with van der Waals surface area (Å²) in [4.78, 5) is 11.6. The Morgan fingerprint density at radius 1 is 1.16 bits per heavy atom. The third-order valence-corrected chi connectivity index (χ3v) is 6.42. The number of carboxylic acid groups (broad SMARTS) is 1. The van der Waals surface area contributed by atoms with Crippen LogP contribution in [0.15, 0.2) is 47.4 Å². The van der Waals surface area contributed by atoms with E-state index in [1.807, 2.05) is 6.92 Å². The minimum Gasteiger partial charge on any atom is -0.480 e. The number of likely N-dealkylation sites (N-methyl/N-ethyl adjacent to an activating group) is 1. The van der Waals surface area contributed by atoms with Crippen LogP contribution in [0.4, 0.5) is 0 Å². The van der Waals surface area contributed by atoms with Gasteiger partial charge in [0.15, 0.2) is 0 Å². The molecule has 0 saturated carbocycles. The van der Waals surface area contributed by atoms with Crippen LogP contribution in [0.25, 0.3) is 0 Å². The highest BCUT2D eigenvalue weighted by atomic mass is 35.5. The van der Waals surface area contributed by atoms with Crippen LogP contribution in [-0.4, -0.2) is 36.9 Å². The van der Waals surface area contributed by atoms with Gasteiger partial charge in [0.05, 0.1) is 4.90 Å². The number of nitrogens with zero attached hydrogens (tertiary/aromatic N) is 1. The van der Waals surface area contributed by atoms with Gasteiger partial charge in [0.25, 0.3) is 0 Å². The van der Waals surface area contributed by atoms with Gasteiger partial charge in [-0.3, -0.25) is 4.79 Å². The van der Waals surface area contributed by atoms with Gasteiger partial charge in [-0.2, -0.15) is 4.31 Å². The van der Waals surface area contributed by atoms with Gasteiger partial charge in [0, 0.05) is 17.1 Å². The van der Waals surface area contributed by atoms with Crippen LogP contribution in [0, 0.1) is 6.92 Å². The molecule has 1 atom stereocenters. The monoisotopic (exact) mass is 401 g/mol. The maximum Gasteiger partial charge on any atom is 0.322 e. The van der Waals surface area contributed by atoms with Gasteiger partial charge < -0.3 is 5.11 Å². The average molecular weight is 402 g/mol. The molecular weight excluding hydrogens is 385 g/mol. The highest BCUT2D eigenvalue weighted by molar-refractivity contribution is 7.89. The van der Waals surface area contributed by atoms with E-state index in [0.717, 1.165) is 9.87 Å². The van der Waals surface area contributed by atoms with Crippen molar-refractivity contribution in [3.05, 3.63) is 63.6 Å². The van der Waals surface area contributed by atoms with Crippen molar-refractivity contribution < 1.29 is 18.3 Å². The number of aliphatic carboxylic acids is 1. The molecule has 0 aliphatic heterocycles. The summed E-state index contributed by atoms with van der Waals surface area (Å²) in [5, 5.41) is 10.4. The molecule has 0 aliphatic carbocycles. The lowest BCUT2D eigenvalue weighted by Crippen LogP contribution is -2.43. The molecule has 1 N–H and O–H groups in total. The molecule has 8 heteroatoms. The Morgan fingerprint density at radius 2 is 1.76 bits per heavy atom. The number of aryl methyl sites for hydroxylation is 1. The van der Waals surface area contributed by atoms with Crippen LogP contribution in [0.3, 0.4) is 0 Å². The molecule has 0 spiro atoms. The fraction of sp³-hybridized carbons (Fsp3) is 0.235. The molecular formula is C17H17Cl2NO4S. The van der Waals surface area contributed by atoms with Crippen molar-refractivity contribution in [3.63, 3.8) is 0 Å². The van der Waals surface area contributed by atoms with Gasteiger partial charge in [-0.05, 0) is 54.8 Å². The first kappa shape index (κ1) is 19.7. The van der Waals surface area contributed by atoms with E-state index >= 15 is 0 Å². The second-order valence-corrected chi connectivity index (χ2v) is 8.46. The lowest BCUT2D eigenvalue weighted by Gasteiger charge is -2.24. The molecule has 25 heavy (non-hydrogen) atoms. The minimum atomic E-state index is -3.98. The number of benzene rings is 2. The first-order valence-corrected chi connectivity index (χ1v) is 9.54. The molecule has 2 rings (SSSR count). The fourth-order valence-corrected chi connectivity index (χ4v) is 3.94. The Labute approximate surface area is 156 Å². The summed E-state index contributed by atoms with van der Waals surface area (Å²) in [6.07, 6.45) is -0.00134. The first-order valence-electron chi connectivity index (χ1n) is 7.34. The third kappa shape index (κ3) is 4.52. The Hall–Kier alpha value is -1.60. The highest BCUT2D eigenvalue weighted by Gasteiger charge is 2.33. The van der Waals surface area contributed by atoms with E-state index in [2.05, 4.69) is 0 Å². The SMILES string of the molecule is Cc1ccc(C[C@@H](C(=O)O)N(C)S(=O)(=O)c2ccc(Cl)cc2)cc1Cl. The Balaban J connectivity index is 2.33. The standard InChI is InChI=1S/C17H17Cl2NO4S/c1-11-3-4-12(9-15(11)19)10-16(17(21)22)20(2)25(23,24)14-7-5-13(18)6-8-14/h3-9,16H,10H2,1-2H3,(H,21,22)/t16-/m0/s1. The molecule has 0 fully saturated rings. The number of sulfonamides is 1. The normalized spacial score (nSPS) is 13.0. The van der Waals surface area contributed by atoms with E-state index in [1.54, 1.807) is 18.2 Å². The fourth-order valence-electron chi connectivity index (χ4n) is 2.30. The molecule has 0 amide bonds. The van der Waals surface area contributed by atoms with Gasteiger partial charge in [-0.1, -0.05) is 35.3 Å². The number of rotatable bonds is 6. The molecule has 2 aromatic carbocycles.